The van der Waals surface area contributed by atoms with Gasteiger partial charge < -0.3 is 4.90 Å². The molecule has 0 saturated carbocycles. The topological polar surface area (TPSA) is 20.3 Å². The third kappa shape index (κ3) is 3.00. The molecule has 0 aromatic rings. The molecule has 1 amide bonds. The van der Waals surface area contributed by atoms with Gasteiger partial charge in [-0.3, -0.25) is 4.79 Å². The van der Waals surface area contributed by atoms with Crippen LogP contribution < -0.4 is 0 Å². The van der Waals surface area contributed by atoms with Crippen molar-refractivity contribution in [1.82, 2.24) is 4.90 Å². The standard InChI is InChI=1S/C16H28BNO/c1-13(19)18-10-8-14(9-11-18)12-17-15-4-2-5-16(17)7-3-6-15/h14-16H,2-12H2,1H3. The van der Waals surface area contributed by atoms with Gasteiger partial charge in [0, 0.05) is 20.0 Å². The predicted molar refractivity (Wildman–Crippen MR) is 80.7 cm³/mol. The summed E-state index contributed by atoms with van der Waals surface area (Å²) in [6, 6.07) is 0. The van der Waals surface area contributed by atoms with Crippen molar-refractivity contribution in [2.75, 3.05) is 13.1 Å². The van der Waals surface area contributed by atoms with Crippen LogP contribution in [0.2, 0.25) is 18.0 Å². The molecular weight excluding hydrogens is 233 g/mol. The van der Waals surface area contributed by atoms with Crippen LogP contribution in [0.3, 0.4) is 0 Å². The van der Waals surface area contributed by atoms with Crippen molar-refractivity contribution in [1.29, 1.82) is 0 Å². The van der Waals surface area contributed by atoms with E-state index in [1.807, 2.05) is 4.90 Å². The predicted octanol–water partition coefficient (Wildman–Crippen LogP) is 3.85. The van der Waals surface area contributed by atoms with Gasteiger partial charge in [0.1, 0.15) is 6.71 Å². The minimum atomic E-state index is 0.271. The van der Waals surface area contributed by atoms with Gasteiger partial charge in [-0.1, -0.05) is 56.5 Å². The number of amides is 1. The number of carbonyl (C=O) groups is 1. The number of fused-ring (bicyclic) bond motifs is 2. The van der Waals surface area contributed by atoms with E-state index in [1.165, 1.54) is 57.7 Å². The lowest BCUT2D eigenvalue weighted by atomic mass is 9.25. The van der Waals surface area contributed by atoms with Crippen molar-refractivity contribution in [2.24, 2.45) is 5.92 Å². The molecule has 2 bridgehead atoms. The summed E-state index contributed by atoms with van der Waals surface area (Å²) in [6.07, 6.45) is 13.0. The second-order valence-electron chi connectivity index (χ2n) is 7.23. The molecule has 0 aliphatic carbocycles. The molecule has 0 spiro atoms. The Hall–Kier alpha value is -0.465. The first kappa shape index (κ1) is 13.5. The Kier molecular flexibility index (Phi) is 4.19. The summed E-state index contributed by atoms with van der Waals surface area (Å²) < 4.78 is 0. The smallest absolute Gasteiger partial charge is 0.219 e. The second-order valence-corrected chi connectivity index (χ2v) is 7.23. The lowest BCUT2D eigenvalue weighted by molar-refractivity contribution is -0.130. The average Bonchev–Trinajstić information content (AvgIpc) is 2.39. The largest absolute Gasteiger partial charge is 0.343 e. The van der Waals surface area contributed by atoms with Gasteiger partial charge in [-0.15, -0.1) is 0 Å². The van der Waals surface area contributed by atoms with Crippen LogP contribution in [0.15, 0.2) is 0 Å². The molecule has 0 N–H and O–H groups in total. The maximum atomic E-state index is 11.4. The van der Waals surface area contributed by atoms with Gasteiger partial charge in [-0.2, -0.15) is 0 Å². The van der Waals surface area contributed by atoms with Crippen LogP contribution in [0.25, 0.3) is 0 Å². The summed E-state index contributed by atoms with van der Waals surface area (Å²) in [5.74, 6) is 3.28. The van der Waals surface area contributed by atoms with Gasteiger partial charge in [0.2, 0.25) is 5.91 Å². The average molecular weight is 261 g/mol. The summed E-state index contributed by atoms with van der Waals surface area (Å²) in [6.45, 7) is 4.78. The van der Waals surface area contributed by atoms with Crippen molar-refractivity contribution in [3.63, 3.8) is 0 Å². The van der Waals surface area contributed by atoms with E-state index >= 15 is 0 Å². The molecule has 0 unspecified atom stereocenters. The highest BCUT2D eigenvalue weighted by atomic mass is 16.2. The lowest BCUT2D eigenvalue weighted by Crippen LogP contribution is -2.40. The maximum absolute atomic E-state index is 11.4. The number of carbonyl (C=O) groups excluding carboxylic acids is 1. The third-order valence-corrected chi connectivity index (χ3v) is 6.18. The van der Waals surface area contributed by atoms with E-state index in [0.29, 0.717) is 0 Å². The summed E-state index contributed by atoms with van der Waals surface area (Å²) in [4.78, 5) is 13.4. The van der Waals surface area contributed by atoms with Crippen molar-refractivity contribution in [2.45, 2.75) is 76.2 Å². The van der Waals surface area contributed by atoms with E-state index in [2.05, 4.69) is 0 Å². The van der Waals surface area contributed by atoms with Crippen LogP contribution in [0.4, 0.5) is 0 Å². The molecular formula is C16H28BNO. The Balaban J connectivity index is 1.53. The Bertz CT molecular complexity index is 303. The van der Waals surface area contributed by atoms with Gasteiger partial charge in [-0.05, 0) is 18.8 Å². The molecule has 0 atom stereocenters. The molecule has 106 valence electrons. The van der Waals surface area contributed by atoms with Crippen molar-refractivity contribution in [3.8, 4) is 0 Å². The molecule has 3 fully saturated rings. The molecule has 19 heavy (non-hydrogen) atoms. The van der Waals surface area contributed by atoms with E-state index < -0.39 is 0 Å². The first-order valence-corrected chi connectivity index (χ1v) is 8.49. The number of likely N-dealkylation sites (tertiary alicyclic amines) is 1. The molecule has 3 aliphatic heterocycles. The van der Waals surface area contributed by atoms with Crippen LogP contribution in [0, 0.1) is 5.92 Å². The molecule has 0 aromatic heterocycles. The number of nitrogens with zero attached hydrogens (tertiary/aromatic N) is 1. The normalized spacial score (nSPS) is 32.5. The van der Waals surface area contributed by atoms with Gasteiger partial charge in [0.05, 0.1) is 0 Å². The zero-order valence-electron chi connectivity index (χ0n) is 12.4. The van der Waals surface area contributed by atoms with E-state index in [0.717, 1.165) is 37.4 Å². The SMILES string of the molecule is CC(=O)N1CCC(CB2C3CCCC2CCC3)CC1. The maximum Gasteiger partial charge on any atom is 0.219 e. The minimum absolute atomic E-state index is 0.271. The Labute approximate surface area is 118 Å². The first-order chi connectivity index (χ1) is 9.24. The Morgan fingerprint density at radius 2 is 1.53 bits per heavy atom. The van der Waals surface area contributed by atoms with Crippen LogP contribution in [0.5, 0.6) is 0 Å². The monoisotopic (exact) mass is 261 g/mol. The summed E-state index contributed by atoms with van der Waals surface area (Å²) in [7, 11) is 0. The summed E-state index contributed by atoms with van der Waals surface area (Å²) in [5.41, 5.74) is 0. The number of rotatable bonds is 2. The van der Waals surface area contributed by atoms with E-state index in [9.17, 15) is 4.79 Å². The second kappa shape index (κ2) is 5.89. The zero-order chi connectivity index (χ0) is 13.2. The quantitative estimate of drug-likeness (QED) is 0.691. The molecule has 3 rings (SSSR count). The Morgan fingerprint density at radius 1 is 1.00 bits per heavy atom. The van der Waals surface area contributed by atoms with Crippen LogP contribution in [0.1, 0.15) is 58.3 Å². The fourth-order valence-corrected chi connectivity index (χ4v) is 5.07. The van der Waals surface area contributed by atoms with Gasteiger partial charge in [-0.25, -0.2) is 0 Å². The highest BCUT2D eigenvalue weighted by Gasteiger charge is 2.40. The molecule has 2 nitrogen and oxygen atoms in total. The number of piperidine rings is 1. The highest BCUT2D eigenvalue weighted by molar-refractivity contribution is 6.62. The molecule has 3 heterocycles. The molecule has 3 heteroatoms. The molecule has 3 saturated heterocycles. The van der Waals surface area contributed by atoms with Gasteiger partial charge in [0.15, 0.2) is 0 Å². The number of hydrogen-bond acceptors (Lipinski definition) is 1. The third-order valence-electron chi connectivity index (χ3n) is 6.18. The van der Waals surface area contributed by atoms with Gasteiger partial charge in [0.25, 0.3) is 0 Å². The number of hydrogen-bond donors (Lipinski definition) is 0. The fourth-order valence-electron chi connectivity index (χ4n) is 5.07. The fraction of sp³-hybridized carbons (Fsp3) is 0.938. The van der Waals surface area contributed by atoms with Crippen LogP contribution in [-0.4, -0.2) is 30.6 Å². The minimum Gasteiger partial charge on any atom is -0.343 e. The summed E-state index contributed by atoms with van der Waals surface area (Å²) in [5, 5.41) is 0. The Morgan fingerprint density at radius 3 is 2.00 bits per heavy atom. The lowest BCUT2D eigenvalue weighted by Gasteiger charge is -2.43. The van der Waals surface area contributed by atoms with Crippen molar-refractivity contribution >= 4 is 12.6 Å². The molecule has 0 radical (unpaired) electrons. The summed E-state index contributed by atoms with van der Waals surface area (Å²) >= 11 is 0. The van der Waals surface area contributed by atoms with E-state index in [4.69, 9.17) is 0 Å². The van der Waals surface area contributed by atoms with Crippen LogP contribution >= 0.6 is 0 Å². The van der Waals surface area contributed by atoms with E-state index in [-0.39, 0.29) is 5.91 Å². The zero-order valence-corrected chi connectivity index (χ0v) is 12.4. The van der Waals surface area contributed by atoms with Crippen molar-refractivity contribution < 1.29 is 4.79 Å². The molecule has 3 aliphatic rings. The first-order valence-electron chi connectivity index (χ1n) is 8.49. The van der Waals surface area contributed by atoms with Crippen LogP contribution in [-0.2, 0) is 4.79 Å². The van der Waals surface area contributed by atoms with Crippen molar-refractivity contribution in [3.05, 3.63) is 0 Å². The van der Waals surface area contributed by atoms with E-state index in [1.54, 1.807) is 6.92 Å². The molecule has 0 aromatic carbocycles. The highest BCUT2D eigenvalue weighted by Crippen LogP contribution is 2.49. The van der Waals surface area contributed by atoms with Gasteiger partial charge >= 0.3 is 0 Å².